The van der Waals surface area contributed by atoms with Gasteiger partial charge < -0.3 is 10.1 Å². The Kier molecular flexibility index (Phi) is 4.42. The third kappa shape index (κ3) is 4.35. The molecule has 0 aromatic carbocycles. The number of thioether (sulfide) groups is 1. The van der Waals surface area contributed by atoms with Crippen LogP contribution in [0.1, 0.15) is 39.5 Å². The summed E-state index contributed by atoms with van der Waals surface area (Å²) in [6.07, 6.45) is 6.19. The quantitative estimate of drug-likeness (QED) is 0.836. The molecule has 3 aliphatic rings. The van der Waals surface area contributed by atoms with Crippen molar-refractivity contribution in [3.8, 4) is 0 Å². The topological polar surface area (TPSA) is 24.5 Å². The van der Waals surface area contributed by atoms with Crippen molar-refractivity contribution in [2.45, 2.75) is 62.5 Å². The van der Waals surface area contributed by atoms with E-state index < -0.39 is 0 Å². The Labute approximate surface area is 121 Å². The Bertz CT molecular complexity index is 307. The van der Waals surface area contributed by atoms with Gasteiger partial charge in [-0.1, -0.05) is 0 Å². The molecule has 2 atom stereocenters. The maximum absolute atomic E-state index is 6.20. The monoisotopic (exact) mass is 284 g/mol. The van der Waals surface area contributed by atoms with E-state index in [0.29, 0.717) is 17.0 Å². The molecule has 0 aromatic rings. The zero-order valence-electron chi connectivity index (χ0n) is 12.4. The fraction of sp³-hybridized carbons (Fsp3) is 1.00. The van der Waals surface area contributed by atoms with E-state index in [2.05, 4.69) is 35.8 Å². The van der Waals surface area contributed by atoms with Crippen LogP contribution in [0, 0.1) is 0 Å². The average molecular weight is 284 g/mol. The highest BCUT2D eigenvalue weighted by molar-refractivity contribution is 8.00. The Morgan fingerprint density at radius 2 is 2.00 bits per heavy atom. The lowest BCUT2D eigenvalue weighted by atomic mass is 10.1. The maximum Gasteiger partial charge on any atom is 0.0707 e. The van der Waals surface area contributed by atoms with Gasteiger partial charge in [0.1, 0.15) is 0 Å². The number of hydrogen-bond acceptors (Lipinski definition) is 4. The van der Waals surface area contributed by atoms with Gasteiger partial charge in [0, 0.05) is 42.7 Å². The Balaban J connectivity index is 1.38. The van der Waals surface area contributed by atoms with Gasteiger partial charge in [-0.3, -0.25) is 4.90 Å². The Morgan fingerprint density at radius 3 is 2.74 bits per heavy atom. The van der Waals surface area contributed by atoms with E-state index in [0.717, 1.165) is 19.1 Å². The van der Waals surface area contributed by atoms with Crippen LogP contribution in [0.25, 0.3) is 0 Å². The lowest BCUT2D eigenvalue weighted by molar-refractivity contribution is 0.0225. The van der Waals surface area contributed by atoms with Crippen LogP contribution in [0.5, 0.6) is 0 Å². The molecule has 2 aliphatic heterocycles. The molecule has 0 aromatic heterocycles. The molecule has 1 saturated carbocycles. The molecule has 0 radical (unpaired) electrons. The molecular formula is C15H28N2OS. The Hall–Kier alpha value is 0.230. The number of rotatable bonds is 5. The van der Waals surface area contributed by atoms with Crippen molar-refractivity contribution in [3.05, 3.63) is 0 Å². The number of nitrogens with one attached hydrogen (secondary N) is 1. The number of nitrogens with zero attached hydrogens (tertiary/aromatic N) is 1. The first kappa shape index (κ1) is 14.2. The van der Waals surface area contributed by atoms with Crippen LogP contribution >= 0.6 is 11.8 Å². The second kappa shape index (κ2) is 5.92. The van der Waals surface area contributed by atoms with E-state index in [1.807, 2.05) is 0 Å². The van der Waals surface area contributed by atoms with E-state index >= 15 is 0 Å². The summed E-state index contributed by atoms with van der Waals surface area (Å²) < 4.78 is 6.62. The lowest BCUT2D eigenvalue weighted by Crippen LogP contribution is -2.46. The van der Waals surface area contributed by atoms with Crippen molar-refractivity contribution in [2.24, 2.45) is 0 Å². The molecule has 3 fully saturated rings. The third-order valence-electron chi connectivity index (χ3n) is 4.37. The fourth-order valence-corrected chi connectivity index (χ4v) is 4.38. The van der Waals surface area contributed by atoms with Gasteiger partial charge >= 0.3 is 0 Å². The van der Waals surface area contributed by atoms with Gasteiger partial charge in [-0.2, -0.15) is 11.8 Å². The largest absolute Gasteiger partial charge is 0.372 e. The normalized spacial score (nSPS) is 35.7. The molecule has 2 saturated heterocycles. The standard InChI is InChI=1S/C15H28N2OS/c1-15(2)11-17(7-8-19-15)10-14-6-5-13(18-14)9-16-12-3-4-12/h12-14,16H,3-11H2,1-2H3. The molecule has 0 spiro atoms. The van der Waals surface area contributed by atoms with Crippen LogP contribution < -0.4 is 5.32 Å². The molecule has 4 heteroatoms. The predicted molar refractivity (Wildman–Crippen MR) is 81.9 cm³/mol. The summed E-state index contributed by atoms with van der Waals surface area (Å²) in [6, 6.07) is 0.808. The van der Waals surface area contributed by atoms with Crippen molar-refractivity contribution in [2.75, 3.05) is 31.9 Å². The summed E-state index contributed by atoms with van der Waals surface area (Å²) in [7, 11) is 0. The van der Waals surface area contributed by atoms with Gasteiger partial charge in [-0.25, -0.2) is 0 Å². The molecule has 3 nitrogen and oxygen atoms in total. The first-order chi connectivity index (χ1) is 9.11. The first-order valence-corrected chi connectivity index (χ1v) is 8.84. The number of hydrogen-bond donors (Lipinski definition) is 1. The first-order valence-electron chi connectivity index (χ1n) is 7.86. The van der Waals surface area contributed by atoms with Crippen molar-refractivity contribution in [1.29, 1.82) is 0 Å². The minimum Gasteiger partial charge on any atom is -0.372 e. The predicted octanol–water partition coefficient (Wildman–Crippen LogP) is 2.11. The van der Waals surface area contributed by atoms with Crippen LogP contribution in [-0.4, -0.2) is 59.8 Å². The van der Waals surface area contributed by atoms with Crippen LogP contribution in [-0.2, 0) is 4.74 Å². The van der Waals surface area contributed by atoms with Crippen LogP contribution in [0.3, 0.4) is 0 Å². The molecule has 2 heterocycles. The minimum absolute atomic E-state index is 0.420. The molecule has 19 heavy (non-hydrogen) atoms. The molecule has 1 N–H and O–H groups in total. The lowest BCUT2D eigenvalue weighted by Gasteiger charge is -2.38. The molecule has 1 aliphatic carbocycles. The van der Waals surface area contributed by atoms with Crippen molar-refractivity contribution in [1.82, 2.24) is 10.2 Å². The van der Waals surface area contributed by atoms with E-state index in [4.69, 9.17) is 4.74 Å². The molecular weight excluding hydrogens is 256 g/mol. The molecule has 3 rings (SSSR count). The smallest absolute Gasteiger partial charge is 0.0707 e. The van der Waals surface area contributed by atoms with Gasteiger partial charge in [-0.15, -0.1) is 0 Å². The van der Waals surface area contributed by atoms with E-state index in [1.54, 1.807) is 0 Å². The van der Waals surface area contributed by atoms with E-state index in [9.17, 15) is 0 Å². The maximum atomic E-state index is 6.20. The van der Waals surface area contributed by atoms with Gasteiger partial charge in [-0.05, 0) is 39.5 Å². The Morgan fingerprint density at radius 1 is 1.21 bits per heavy atom. The highest BCUT2D eigenvalue weighted by atomic mass is 32.2. The second-order valence-electron chi connectivity index (χ2n) is 6.98. The molecule has 0 amide bonds. The highest BCUT2D eigenvalue weighted by Crippen LogP contribution is 2.30. The van der Waals surface area contributed by atoms with Crippen molar-refractivity contribution in [3.63, 3.8) is 0 Å². The summed E-state index contributed by atoms with van der Waals surface area (Å²) >= 11 is 2.11. The zero-order chi connectivity index (χ0) is 13.3. The molecule has 2 unspecified atom stereocenters. The minimum atomic E-state index is 0.420. The van der Waals surface area contributed by atoms with E-state index in [1.165, 1.54) is 44.5 Å². The summed E-state index contributed by atoms with van der Waals surface area (Å²) in [6.45, 7) is 9.39. The fourth-order valence-electron chi connectivity index (χ4n) is 3.21. The van der Waals surface area contributed by atoms with Crippen LogP contribution in [0.15, 0.2) is 0 Å². The van der Waals surface area contributed by atoms with Gasteiger partial charge in [0.25, 0.3) is 0 Å². The average Bonchev–Trinajstić information content (AvgIpc) is 3.06. The summed E-state index contributed by atoms with van der Waals surface area (Å²) in [5, 5.41) is 3.59. The SMILES string of the molecule is CC1(C)CN(CC2CCC(CNC3CC3)O2)CCS1. The third-order valence-corrected chi connectivity index (χ3v) is 5.67. The van der Waals surface area contributed by atoms with Crippen LogP contribution in [0.4, 0.5) is 0 Å². The van der Waals surface area contributed by atoms with Gasteiger partial charge in [0.2, 0.25) is 0 Å². The van der Waals surface area contributed by atoms with Crippen LogP contribution in [0.2, 0.25) is 0 Å². The highest BCUT2D eigenvalue weighted by Gasteiger charge is 2.32. The number of ether oxygens (including phenoxy) is 1. The van der Waals surface area contributed by atoms with Crippen molar-refractivity contribution >= 4 is 11.8 Å². The van der Waals surface area contributed by atoms with Gasteiger partial charge in [0.05, 0.1) is 12.2 Å². The van der Waals surface area contributed by atoms with Gasteiger partial charge in [0.15, 0.2) is 0 Å². The van der Waals surface area contributed by atoms with Crippen molar-refractivity contribution < 1.29 is 4.74 Å². The summed E-state index contributed by atoms with van der Waals surface area (Å²) in [5.41, 5.74) is 0. The zero-order valence-corrected chi connectivity index (χ0v) is 13.2. The summed E-state index contributed by atoms with van der Waals surface area (Å²) in [4.78, 5) is 2.61. The van der Waals surface area contributed by atoms with E-state index in [-0.39, 0.29) is 0 Å². The summed E-state index contributed by atoms with van der Waals surface area (Å²) in [5.74, 6) is 1.27. The molecule has 110 valence electrons. The second-order valence-corrected chi connectivity index (χ2v) is 8.79. The molecule has 0 bridgehead atoms.